The molecule has 0 aliphatic rings. The average molecular weight is 1080 g/mol. The van der Waals surface area contributed by atoms with E-state index in [0.717, 1.165) is 128 Å². The predicted octanol–water partition coefficient (Wildman–Crippen LogP) is 17.6. The first kappa shape index (κ1) is 71.9. The molecule has 0 aromatic rings. The number of carbonyl (C=O) groups excluding carboxylic acids is 3. The maximum Gasteiger partial charge on any atom is 0.472 e. The molecule has 0 aromatic carbocycles. The van der Waals surface area contributed by atoms with Crippen LogP contribution in [0.15, 0.2) is 122 Å². The van der Waals surface area contributed by atoms with Gasteiger partial charge in [-0.15, -0.1) is 0 Å². The fraction of sp³-hybridized carbons (Fsp3) is 0.641. The van der Waals surface area contributed by atoms with Crippen molar-refractivity contribution in [2.75, 3.05) is 26.4 Å². The number of hydrogen-bond acceptors (Lipinski definition) is 10. The van der Waals surface area contributed by atoms with E-state index in [0.29, 0.717) is 19.3 Å². The summed E-state index contributed by atoms with van der Waals surface area (Å²) in [7, 11) is -4.78. The Hall–Kier alpha value is -4.12. The highest BCUT2D eigenvalue weighted by Gasteiger charge is 2.28. The van der Waals surface area contributed by atoms with Crippen LogP contribution in [0.25, 0.3) is 0 Å². The van der Waals surface area contributed by atoms with E-state index in [2.05, 4.69) is 142 Å². The van der Waals surface area contributed by atoms with Crippen LogP contribution in [0.3, 0.4) is 0 Å². The lowest BCUT2D eigenvalue weighted by Gasteiger charge is -2.21. The largest absolute Gasteiger partial charge is 0.472 e. The highest BCUT2D eigenvalue weighted by Crippen LogP contribution is 2.43. The smallest absolute Gasteiger partial charge is 0.462 e. The number of phosphoric acid groups is 1. The van der Waals surface area contributed by atoms with Gasteiger partial charge in [-0.05, 0) is 128 Å². The number of hydrogen-bond donors (Lipinski definition) is 2. The third-order valence-corrected chi connectivity index (χ3v) is 12.8. The van der Waals surface area contributed by atoms with Crippen LogP contribution < -0.4 is 0 Å². The molecule has 0 spiro atoms. The first-order valence-corrected chi connectivity index (χ1v) is 30.9. The number of aliphatic hydroxyl groups excluding tert-OH is 1. The van der Waals surface area contributed by atoms with E-state index < -0.39 is 57.8 Å². The lowest BCUT2D eigenvalue weighted by molar-refractivity contribution is -0.161. The Morgan fingerprint density at radius 3 is 1.07 bits per heavy atom. The van der Waals surface area contributed by atoms with Crippen LogP contribution in [-0.2, 0) is 42.2 Å². The zero-order valence-corrected chi connectivity index (χ0v) is 48.6. The number of aliphatic hydroxyl groups is 1. The number of unbranched alkanes of at least 4 members (excludes halogenated alkanes) is 16. The van der Waals surface area contributed by atoms with Gasteiger partial charge < -0.3 is 24.2 Å². The molecule has 3 atom stereocenters. The summed E-state index contributed by atoms with van der Waals surface area (Å²) in [4.78, 5) is 48.6. The molecule has 0 rings (SSSR count). The van der Waals surface area contributed by atoms with Gasteiger partial charge in [-0.25, -0.2) is 4.57 Å². The normalized spacial score (nSPS) is 14.2. The summed E-state index contributed by atoms with van der Waals surface area (Å²) in [6.45, 7) is 4.30. The third-order valence-electron chi connectivity index (χ3n) is 11.8. The lowest BCUT2D eigenvalue weighted by Crippen LogP contribution is -2.30. The number of phosphoric ester groups is 1. The van der Waals surface area contributed by atoms with E-state index in [1.807, 2.05) is 0 Å². The van der Waals surface area contributed by atoms with Crippen LogP contribution in [0, 0.1) is 0 Å². The Morgan fingerprint density at radius 1 is 0.382 bits per heavy atom. The molecule has 0 bridgehead atoms. The Kier molecular flexibility index (Phi) is 54.0. The average Bonchev–Trinajstić information content (AvgIpc) is 3.41. The first-order valence-electron chi connectivity index (χ1n) is 29.4. The van der Waals surface area contributed by atoms with Gasteiger partial charge in [0.1, 0.15) is 12.7 Å². The van der Waals surface area contributed by atoms with Crippen LogP contribution in [0.5, 0.6) is 0 Å². The number of ether oxygens (including phenoxy) is 3. The minimum absolute atomic E-state index is 0.118. The van der Waals surface area contributed by atoms with Gasteiger partial charge in [0.25, 0.3) is 0 Å². The van der Waals surface area contributed by atoms with E-state index in [4.69, 9.17) is 23.3 Å². The number of rotatable bonds is 53. The maximum absolute atomic E-state index is 12.9. The topological polar surface area (TPSA) is 155 Å². The molecule has 12 heteroatoms. The van der Waals surface area contributed by atoms with Crippen LogP contribution in [0.4, 0.5) is 0 Å². The Morgan fingerprint density at radius 2 is 0.684 bits per heavy atom. The molecule has 0 fully saturated rings. The van der Waals surface area contributed by atoms with Gasteiger partial charge in [-0.2, -0.15) is 0 Å². The predicted molar refractivity (Wildman–Crippen MR) is 316 cm³/mol. The summed E-state index contributed by atoms with van der Waals surface area (Å²) < 4.78 is 39.5. The van der Waals surface area contributed by atoms with Crippen molar-refractivity contribution in [3.05, 3.63) is 122 Å². The Bertz CT molecular complexity index is 1740. The highest BCUT2D eigenvalue weighted by atomic mass is 31.2. The van der Waals surface area contributed by atoms with E-state index in [-0.39, 0.29) is 25.9 Å². The minimum Gasteiger partial charge on any atom is -0.462 e. The molecule has 0 radical (unpaired) electrons. The SMILES string of the molecule is CC/C=C\C/C=C\C/C=C\C/C=C\C/C=C\CCCCCC(=O)OC(COC(=O)CCCCCCCCC/C=C\C/C=C\CCCCC)COP(=O)(O)OCC(CO)OC(=O)CCCCC/C=C\C/C=C\C/C=C\CC. The summed E-state index contributed by atoms with van der Waals surface area (Å²) in [5.41, 5.74) is 0. The van der Waals surface area contributed by atoms with Crippen molar-refractivity contribution in [3.63, 3.8) is 0 Å². The highest BCUT2D eigenvalue weighted by molar-refractivity contribution is 7.47. The molecule has 11 nitrogen and oxygen atoms in total. The number of allylic oxidation sites excluding steroid dienone is 20. The molecule has 0 amide bonds. The van der Waals surface area contributed by atoms with Crippen molar-refractivity contribution < 1.29 is 52.2 Å². The summed E-state index contributed by atoms with van der Waals surface area (Å²) in [6, 6.07) is 0. The zero-order valence-electron chi connectivity index (χ0n) is 47.7. The van der Waals surface area contributed by atoms with Gasteiger partial charge in [0.05, 0.1) is 19.8 Å². The second kappa shape index (κ2) is 57.1. The molecule has 0 aromatic heterocycles. The summed E-state index contributed by atoms with van der Waals surface area (Å²) >= 11 is 0. The number of carbonyl (C=O) groups is 3. The monoisotopic (exact) mass is 1080 g/mol. The molecule has 76 heavy (non-hydrogen) atoms. The van der Waals surface area contributed by atoms with Gasteiger partial charge in [-0.1, -0.05) is 200 Å². The molecule has 0 aliphatic heterocycles. The van der Waals surface area contributed by atoms with Crippen LogP contribution in [-0.4, -0.2) is 66.5 Å². The van der Waals surface area contributed by atoms with Crippen LogP contribution in [0.2, 0.25) is 0 Å². The van der Waals surface area contributed by atoms with Crippen molar-refractivity contribution in [2.24, 2.45) is 0 Å². The van der Waals surface area contributed by atoms with Gasteiger partial charge in [0.2, 0.25) is 0 Å². The fourth-order valence-electron chi connectivity index (χ4n) is 7.43. The van der Waals surface area contributed by atoms with Gasteiger partial charge >= 0.3 is 25.7 Å². The number of esters is 3. The molecule has 0 saturated heterocycles. The standard InChI is InChI=1S/C64H105O11P/c1-4-7-10-13-16-19-22-25-27-29-30-32-34-37-40-43-46-49-52-55-64(68)75-61(57-71-62(66)53-50-47-44-41-38-36-33-31-28-26-23-20-17-14-11-8-5-2)59-73-76(69,70)72-58-60(56-65)74-63(67)54-51-48-45-42-39-35-24-21-18-15-12-9-6-3/h7,9-10,12,16-21,25-28,30,32,35,37,39-40,60-61,65H,4-6,8,11,13-15,22-24,29,31,33-34,36,38,41-59H2,1-3H3,(H,69,70)/b10-7-,12-9-,19-16-,20-17-,21-18-,27-25-,28-26-,32-30-,39-35-,40-37-. The van der Waals surface area contributed by atoms with Gasteiger partial charge in [0.15, 0.2) is 6.10 Å². The summed E-state index contributed by atoms with van der Waals surface area (Å²) in [6.07, 6.45) is 70.1. The Balaban J connectivity index is 4.85. The zero-order chi connectivity index (χ0) is 55.5. The molecular weight excluding hydrogens is 976 g/mol. The van der Waals surface area contributed by atoms with Crippen LogP contribution >= 0.6 is 7.82 Å². The minimum atomic E-state index is -4.78. The fourth-order valence-corrected chi connectivity index (χ4v) is 8.21. The maximum atomic E-state index is 12.9. The van der Waals surface area contributed by atoms with E-state index in [1.165, 1.54) is 38.5 Å². The molecule has 0 heterocycles. The quantitative estimate of drug-likeness (QED) is 0.0197. The summed E-state index contributed by atoms with van der Waals surface area (Å²) in [5, 5.41) is 9.81. The summed E-state index contributed by atoms with van der Waals surface area (Å²) in [5.74, 6) is -1.55. The van der Waals surface area contributed by atoms with Crippen molar-refractivity contribution in [2.45, 2.75) is 238 Å². The van der Waals surface area contributed by atoms with Crippen molar-refractivity contribution in [1.29, 1.82) is 0 Å². The van der Waals surface area contributed by atoms with Crippen molar-refractivity contribution >= 4 is 25.7 Å². The second-order valence-corrected chi connectivity index (χ2v) is 20.5. The first-order chi connectivity index (χ1) is 37.2. The van der Waals surface area contributed by atoms with Crippen molar-refractivity contribution in [3.8, 4) is 0 Å². The van der Waals surface area contributed by atoms with E-state index >= 15 is 0 Å². The van der Waals surface area contributed by atoms with Gasteiger partial charge in [-0.3, -0.25) is 23.4 Å². The van der Waals surface area contributed by atoms with E-state index in [1.54, 1.807) is 0 Å². The second-order valence-electron chi connectivity index (χ2n) is 19.0. The molecule has 2 N–H and O–H groups in total. The van der Waals surface area contributed by atoms with Crippen molar-refractivity contribution in [1.82, 2.24) is 0 Å². The molecule has 0 aliphatic carbocycles. The van der Waals surface area contributed by atoms with Gasteiger partial charge in [0, 0.05) is 19.3 Å². The Labute approximate surface area is 462 Å². The molecular formula is C64H105O11P. The molecule has 432 valence electrons. The van der Waals surface area contributed by atoms with E-state index in [9.17, 15) is 28.9 Å². The molecule has 3 unspecified atom stereocenters. The van der Waals surface area contributed by atoms with Crippen LogP contribution in [0.1, 0.15) is 226 Å². The third kappa shape index (κ3) is 54.7. The molecule has 0 saturated carbocycles. The lowest BCUT2D eigenvalue weighted by atomic mass is 10.1.